The molecule has 0 unspecified atom stereocenters. The van der Waals surface area contributed by atoms with Crippen LogP contribution in [-0.4, -0.2) is 58.2 Å². The Morgan fingerprint density at radius 3 is 1.36 bits per heavy atom. The van der Waals surface area contributed by atoms with Gasteiger partial charge in [0, 0.05) is 80.1 Å². The van der Waals surface area contributed by atoms with Crippen molar-refractivity contribution in [3.8, 4) is 45.4 Å². The normalized spacial score (nSPS) is 13.2. The SMILES string of the molecule is COC(=O)c1cc(N2CCCC2=O)cc(-n2c(C)ccc2-c2cc(Br)ccc2OCc2ccc(F)cc2)c1.Cc1ccc(-c2cc(Br)ccc2OCc2ccc(F)cc2)n1-c1cc(C(=O)O)cc(N2CCCC2=O)c1. The molecule has 2 aliphatic rings. The van der Waals surface area contributed by atoms with Crippen LogP contribution in [0.5, 0.6) is 11.5 Å². The van der Waals surface area contributed by atoms with Gasteiger partial charge in [-0.05, 0) is 159 Å². The van der Waals surface area contributed by atoms with Crippen molar-refractivity contribution in [2.24, 2.45) is 0 Å². The quantitative estimate of drug-likeness (QED) is 0.106. The molecule has 2 fully saturated rings. The summed E-state index contributed by atoms with van der Waals surface area (Å²) in [6, 6.07) is 42.1. The van der Waals surface area contributed by atoms with Gasteiger partial charge in [0.1, 0.15) is 36.3 Å². The molecule has 2 amide bonds. The lowest BCUT2D eigenvalue weighted by molar-refractivity contribution is -0.117. The van der Waals surface area contributed by atoms with E-state index in [-0.39, 0.29) is 42.2 Å². The fourth-order valence-electron chi connectivity index (χ4n) is 9.28. The number of carboxylic acids is 1. The van der Waals surface area contributed by atoms with Gasteiger partial charge in [-0.2, -0.15) is 0 Å². The summed E-state index contributed by atoms with van der Waals surface area (Å²) in [5.74, 6) is -0.848. The minimum Gasteiger partial charge on any atom is -0.488 e. The van der Waals surface area contributed by atoms with E-state index in [1.54, 1.807) is 58.3 Å². The third-order valence-corrected chi connectivity index (χ3v) is 13.9. The Morgan fingerprint density at radius 2 is 0.960 bits per heavy atom. The van der Waals surface area contributed by atoms with Crippen LogP contribution in [0.4, 0.5) is 20.2 Å². The summed E-state index contributed by atoms with van der Waals surface area (Å²) in [4.78, 5) is 52.9. The number of anilines is 2. The number of carboxylic acid groups (broad SMARTS) is 1. The summed E-state index contributed by atoms with van der Waals surface area (Å²) in [5.41, 5.74) is 9.83. The van der Waals surface area contributed by atoms with Crippen LogP contribution in [0.3, 0.4) is 0 Å². The van der Waals surface area contributed by atoms with Gasteiger partial charge in [0.15, 0.2) is 0 Å². The Balaban J connectivity index is 0.000000184. The molecule has 6 aromatic carbocycles. The number of amides is 2. The first-order chi connectivity index (χ1) is 36.1. The number of methoxy groups -OCH3 is 1. The van der Waals surface area contributed by atoms with Crippen LogP contribution in [0.25, 0.3) is 33.9 Å². The summed E-state index contributed by atoms with van der Waals surface area (Å²) < 4.78 is 49.7. The first-order valence-electron chi connectivity index (χ1n) is 24.1. The highest BCUT2D eigenvalue weighted by molar-refractivity contribution is 9.10. The van der Waals surface area contributed by atoms with Crippen molar-refractivity contribution in [1.29, 1.82) is 0 Å². The predicted octanol–water partition coefficient (Wildman–Crippen LogP) is 13.6. The first-order valence-corrected chi connectivity index (χ1v) is 25.7. The fourth-order valence-corrected chi connectivity index (χ4v) is 10.0. The second kappa shape index (κ2) is 22.7. The Labute approximate surface area is 449 Å². The summed E-state index contributed by atoms with van der Waals surface area (Å²) in [5, 5.41) is 9.81. The van der Waals surface area contributed by atoms with Gasteiger partial charge < -0.3 is 38.3 Å². The number of aromatic nitrogens is 2. The minimum absolute atomic E-state index is 0.0126. The fraction of sp³-hybridized carbons (Fsp3) is 0.186. The molecule has 2 aromatic heterocycles. The van der Waals surface area contributed by atoms with E-state index in [9.17, 15) is 33.1 Å². The second-order valence-corrected chi connectivity index (χ2v) is 19.9. The topological polar surface area (TPSA) is 133 Å². The lowest BCUT2D eigenvalue weighted by Crippen LogP contribution is -2.24. The zero-order valence-corrected chi connectivity index (χ0v) is 44.3. The molecule has 4 heterocycles. The van der Waals surface area contributed by atoms with Gasteiger partial charge in [-0.15, -0.1) is 0 Å². The highest BCUT2D eigenvalue weighted by Crippen LogP contribution is 2.40. The molecule has 1 N–H and O–H groups in total. The van der Waals surface area contributed by atoms with Gasteiger partial charge in [-0.25, -0.2) is 18.4 Å². The number of carbonyl (C=O) groups excluding carboxylic acids is 3. The maximum Gasteiger partial charge on any atom is 0.337 e. The lowest BCUT2D eigenvalue weighted by atomic mass is 10.1. The van der Waals surface area contributed by atoms with E-state index in [0.29, 0.717) is 60.1 Å². The molecule has 0 radical (unpaired) electrons. The molecule has 12 nitrogen and oxygen atoms in total. The van der Waals surface area contributed by atoms with Gasteiger partial charge in [0.05, 0.1) is 29.6 Å². The first kappa shape index (κ1) is 52.1. The number of ether oxygens (including phenoxy) is 3. The van der Waals surface area contributed by atoms with Crippen molar-refractivity contribution in [2.75, 3.05) is 30.0 Å². The van der Waals surface area contributed by atoms with Crippen molar-refractivity contribution < 1.29 is 47.3 Å². The molecule has 0 spiro atoms. The zero-order chi connectivity index (χ0) is 52.9. The van der Waals surface area contributed by atoms with E-state index in [1.807, 2.05) is 95.8 Å². The number of halogens is 4. The lowest BCUT2D eigenvalue weighted by Gasteiger charge is -2.21. The molecule has 0 saturated carbocycles. The number of aromatic carboxylic acids is 1. The molecular formula is C59H50Br2F2N4O8. The highest BCUT2D eigenvalue weighted by atomic mass is 79.9. The number of aryl methyl sites for hydroxylation is 2. The van der Waals surface area contributed by atoms with Gasteiger partial charge in [0.2, 0.25) is 11.8 Å². The van der Waals surface area contributed by atoms with E-state index < -0.39 is 11.9 Å². The molecule has 75 heavy (non-hydrogen) atoms. The average Bonchev–Trinajstić information content (AvgIpc) is 4.24. The molecule has 2 aliphatic heterocycles. The van der Waals surface area contributed by atoms with Crippen LogP contribution in [0.2, 0.25) is 0 Å². The van der Waals surface area contributed by atoms with Crippen LogP contribution in [0.1, 0.15) is 68.9 Å². The third kappa shape index (κ3) is 11.8. The maximum absolute atomic E-state index is 13.3. The molecular weight excluding hydrogens is 1090 g/mol. The van der Waals surface area contributed by atoms with Crippen molar-refractivity contribution in [2.45, 2.75) is 52.7 Å². The Morgan fingerprint density at radius 1 is 0.547 bits per heavy atom. The van der Waals surface area contributed by atoms with Crippen molar-refractivity contribution >= 4 is 67.0 Å². The van der Waals surface area contributed by atoms with Crippen LogP contribution in [-0.2, 0) is 27.5 Å². The average molecular weight is 1140 g/mol. The standard InChI is InChI=1S/C30H26BrFN2O4.C29H24BrFN2O4/c1-19-5-11-27(26-16-22(31)8-12-28(26)38-18-20-6-9-23(32)10-7-20)34(19)25-15-21(30(36)37-2)14-24(17-25)33-13-3-4-29(33)35;1-18-4-10-26(25-15-21(30)7-11-27(25)37-17-19-5-8-22(31)9-6-19)33(18)24-14-20(29(35)36)13-23(16-24)32-12-2-3-28(32)34/h5-12,14-17H,3-4,13,18H2,1-2H3;4-11,13-16H,2-3,12,17H2,1H3,(H,35,36). The summed E-state index contributed by atoms with van der Waals surface area (Å²) >= 11 is 7.13. The molecule has 382 valence electrons. The minimum atomic E-state index is -1.06. The van der Waals surface area contributed by atoms with Crippen LogP contribution >= 0.6 is 31.9 Å². The number of carbonyl (C=O) groups is 4. The largest absolute Gasteiger partial charge is 0.488 e. The van der Waals surface area contributed by atoms with Crippen LogP contribution < -0.4 is 19.3 Å². The van der Waals surface area contributed by atoms with Gasteiger partial charge in [-0.1, -0.05) is 56.1 Å². The molecule has 8 aromatic rings. The third-order valence-electron chi connectivity index (χ3n) is 13.0. The zero-order valence-electron chi connectivity index (χ0n) is 41.1. The summed E-state index contributed by atoms with van der Waals surface area (Å²) in [6.45, 7) is 5.61. The smallest absolute Gasteiger partial charge is 0.337 e. The Kier molecular flexibility index (Phi) is 15.8. The van der Waals surface area contributed by atoms with E-state index >= 15 is 0 Å². The summed E-state index contributed by atoms with van der Waals surface area (Å²) in [6.07, 6.45) is 2.45. The van der Waals surface area contributed by atoms with E-state index in [4.69, 9.17) is 14.2 Å². The molecule has 0 aliphatic carbocycles. The highest BCUT2D eigenvalue weighted by Gasteiger charge is 2.27. The second-order valence-electron chi connectivity index (χ2n) is 18.1. The number of hydrogen-bond acceptors (Lipinski definition) is 7. The van der Waals surface area contributed by atoms with Crippen molar-refractivity contribution in [3.05, 3.63) is 200 Å². The molecule has 2 saturated heterocycles. The van der Waals surface area contributed by atoms with Gasteiger partial charge >= 0.3 is 11.9 Å². The van der Waals surface area contributed by atoms with Crippen molar-refractivity contribution in [3.63, 3.8) is 0 Å². The monoisotopic (exact) mass is 1140 g/mol. The van der Waals surface area contributed by atoms with E-state index in [1.165, 1.54) is 31.4 Å². The number of nitrogens with zero attached hydrogens (tertiary/aromatic N) is 4. The Hall–Kier alpha value is -7.82. The number of rotatable bonds is 14. The molecule has 10 rings (SSSR count). The number of benzene rings is 6. The Bertz CT molecular complexity index is 3470. The van der Waals surface area contributed by atoms with E-state index in [2.05, 4.69) is 31.9 Å². The van der Waals surface area contributed by atoms with Crippen LogP contribution in [0, 0.1) is 25.5 Å². The molecule has 0 bridgehead atoms. The van der Waals surface area contributed by atoms with Gasteiger partial charge in [-0.3, -0.25) is 9.59 Å². The molecule has 0 atom stereocenters. The summed E-state index contributed by atoms with van der Waals surface area (Å²) in [7, 11) is 1.34. The van der Waals surface area contributed by atoms with Gasteiger partial charge in [0.25, 0.3) is 0 Å². The molecule has 16 heteroatoms. The maximum atomic E-state index is 13.3. The number of hydrogen-bond donors (Lipinski definition) is 1. The van der Waals surface area contributed by atoms with Crippen LogP contribution in [0.15, 0.2) is 155 Å². The predicted molar refractivity (Wildman–Crippen MR) is 290 cm³/mol. The van der Waals surface area contributed by atoms with E-state index in [0.717, 1.165) is 72.5 Å². The number of esters is 1. The van der Waals surface area contributed by atoms with Crippen molar-refractivity contribution in [1.82, 2.24) is 9.13 Å².